The molecule has 2 aromatic carbocycles. The average molecular weight is 424 g/mol. The van der Waals surface area contributed by atoms with Crippen LogP contribution in [0.5, 0.6) is 0 Å². The van der Waals surface area contributed by atoms with Gasteiger partial charge in [-0.1, -0.05) is 67.6 Å². The minimum absolute atomic E-state index is 0.0719. The number of carbonyl (C=O) groups is 2. The summed E-state index contributed by atoms with van der Waals surface area (Å²) < 4.78 is 10.9. The molecule has 2 atom stereocenters. The Labute approximate surface area is 185 Å². The zero-order valence-electron chi connectivity index (χ0n) is 19.3. The second-order valence-corrected chi connectivity index (χ2v) is 8.91. The third-order valence-electron chi connectivity index (χ3n) is 4.41. The lowest BCUT2D eigenvalue weighted by Gasteiger charge is -2.26. The van der Waals surface area contributed by atoms with Crippen LogP contribution in [0.15, 0.2) is 65.7 Å². The maximum absolute atomic E-state index is 13.1. The average Bonchev–Trinajstić information content (AvgIpc) is 2.67. The van der Waals surface area contributed by atoms with Crippen LogP contribution in [-0.4, -0.2) is 35.4 Å². The molecule has 2 rings (SSSR count). The number of esters is 2. The Morgan fingerprint density at radius 3 is 1.77 bits per heavy atom. The number of ether oxygens (including phenoxy) is 2. The number of aliphatic imine (C=N–C) groups is 1. The Kier molecular flexibility index (Phi) is 8.55. The van der Waals surface area contributed by atoms with Crippen molar-refractivity contribution in [1.82, 2.24) is 0 Å². The maximum Gasteiger partial charge on any atom is 0.331 e. The van der Waals surface area contributed by atoms with Gasteiger partial charge in [0.2, 0.25) is 0 Å². The van der Waals surface area contributed by atoms with Gasteiger partial charge in [-0.2, -0.15) is 0 Å². The number of hydrogen-bond acceptors (Lipinski definition) is 5. The molecule has 166 valence electrons. The lowest BCUT2D eigenvalue weighted by atomic mass is 9.96. The Hall–Kier alpha value is -2.95. The highest BCUT2D eigenvalue weighted by atomic mass is 16.6. The second kappa shape index (κ2) is 10.9. The summed E-state index contributed by atoms with van der Waals surface area (Å²) >= 11 is 0. The molecular weight excluding hydrogens is 390 g/mol. The van der Waals surface area contributed by atoms with E-state index in [4.69, 9.17) is 14.5 Å². The predicted molar refractivity (Wildman–Crippen MR) is 123 cm³/mol. The molecule has 0 fully saturated rings. The topological polar surface area (TPSA) is 65.0 Å². The molecule has 2 aromatic rings. The minimum Gasteiger partial charge on any atom is -0.463 e. The van der Waals surface area contributed by atoms with E-state index >= 15 is 0 Å². The Morgan fingerprint density at radius 2 is 1.35 bits per heavy atom. The summed E-state index contributed by atoms with van der Waals surface area (Å²) in [5.41, 5.74) is 1.79. The normalized spacial score (nSPS) is 13.3. The second-order valence-electron chi connectivity index (χ2n) is 8.91. The number of carbonyl (C=O) groups excluding carboxylic acids is 2. The highest BCUT2D eigenvalue weighted by molar-refractivity contribution is 6.13. The van der Waals surface area contributed by atoms with Gasteiger partial charge in [-0.15, -0.1) is 0 Å². The van der Waals surface area contributed by atoms with Crippen LogP contribution in [0.3, 0.4) is 0 Å². The van der Waals surface area contributed by atoms with Gasteiger partial charge in [-0.05, 0) is 40.5 Å². The molecule has 0 radical (unpaired) electrons. The molecule has 5 nitrogen and oxygen atoms in total. The van der Waals surface area contributed by atoms with Crippen LogP contribution in [-0.2, 0) is 19.1 Å². The van der Waals surface area contributed by atoms with Crippen LogP contribution in [0.4, 0.5) is 0 Å². The van der Waals surface area contributed by atoms with Gasteiger partial charge < -0.3 is 9.47 Å². The van der Waals surface area contributed by atoms with Gasteiger partial charge in [0.05, 0.1) is 18.2 Å². The lowest BCUT2D eigenvalue weighted by molar-refractivity contribution is -0.158. The van der Waals surface area contributed by atoms with Crippen LogP contribution in [0, 0.1) is 5.92 Å². The largest absolute Gasteiger partial charge is 0.463 e. The van der Waals surface area contributed by atoms with E-state index < -0.39 is 23.5 Å². The van der Waals surface area contributed by atoms with Crippen molar-refractivity contribution in [3.63, 3.8) is 0 Å². The van der Waals surface area contributed by atoms with Gasteiger partial charge in [-0.3, -0.25) is 9.79 Å². The smallest absolute Gasteiger partial charge is 0.331 e. The third kappa shape index (κ3) is 8.00. The highest BCUT2D eigenvalue weighted by Crippen LogP contribution is 2.22. The lowest BCUT2D eigenvalue weighted by Crippen LogP contribution is -2.36. The molecular formula is C26H33NO4. The van der Waals surface area contributed by atoms with E-state index in [0.717, 1.165) is 11.1 Å². The first-order chi connectivity index (χ1) is 14.6. The first kappa shape index (κ1) is 24.3. The molecule has 0 saturated carbocycles. The summed E-state index contributed by atoms with van der Waals surface area (Å²) in [5.74, 6) is -1.21. The minimum atomic E-state index is -0.852. The molecule has 0 saturated heterocycles. The van der Waals surface area contributed by atoms with E-state index in [9.17, 15) is 9.59 Å². The zero-order chi connectivity index (χ0) is 23.0. The summed E-state index contributed by atoms with van der Waals surface area (Å²) in [7, 11) is 0. The van der Waals surface area contributed by atoms with Crippen molar-refractivity contribution in [2.45, 2.75) is 65.7 Å². The summed E-state index contributed by atoms with van der Waals surface area (Å²) in [4.78, 5) is 30.3. The molecule has 5 heteroatoms. The molecule has 0 aliphatic carbocycles. The van der Waals surface area contributed by atoms with Crippen LogP contribution in [0.25, 0.3) is 0 Å². The monoisotopic (exact) mass is 423 g/mol. The first-order valence-electron chi connectivity index (χ1n) is 10.7. The van der Waals surface area contributed by atoms with Crippen molar-refractivity contribution in [3.8, 4) is 0 Å². The van der Waals surface area contributed by atoms with Gasteiger partial charge in [0.25, 0.3) is 0 Å². The van der Waals surface area contributed by atoms with Gasteiger partial charge >= 0.3 is 11.9 Å². The number of nitrogens with zero attached hydrogens (tertiary/aromatic N) is 1. The molecule has 0 N–H and O–H groups in total. The fraction of sp³-hybridized carbons (Fsp3) is 0.423. The quantitative estimate of drug-likeness (QED) is 0.432. The molecule has 0 aromatic heterocycles. The van der Waals surface area contributed by atoms with E-state index in [1.165, 1.54) is 0 Å². The van der Waals surface area contributed by atoms with Gasteiger partial charge in [0.15, 0.2) is 6.04 Å². The summed E-state index contributed by atoms with van der Waals surface area (Å²) in [6.45, 7) is 10.9. The number of rotatable bonds is 8. The fourth-order valence-electron chi connectivity index (χ4n) is 3.11. The summed E-state index contributed by atoms with van der Waals surface area (Å²) in [5, 5.41) is 0. The predicted octanol–water partition coefficient (Wildman–Crippen LogP) is 5.21. The van der Waals surface area contributed by atoms with Crippen molar-refractivity contribution in [2.75, 3.05) is 0 Å². The van der Waals surface area contributed by atoms with Crippen LogP contribution >= 0.6 is 0 Å². The van der Waals surface area contributed by atoms with Crippen LogP contribution < -0.4 is 0 Å². The molecule has 0 heterocycles. The van der Waals surface area contributed by atoms with Crippen molar-refractivity contribution in [3.05, 3.63) is 71.8 Å². The number of hydrogen-bond donors (Lipinski definition) is 0. The van der Waals surface area contributed by atoms with E-state index in [1.807, 2.05) is 88.4 Å². The van der Waals surface area contributed by atoms with E-state index in [2.05, 4.69) is 0 Å². The fourth-order valence-corrected chi connectivity index (χ4v) is 3.11. The molecule has 0 spiro atoms. The van der Waals surface area contributed by atoms with Gasteiger partial charge in [-0.25, -0.2) is 4.79 Å². The summed E-state index contributed by atoms with van der Waals surface area (Å²) in [6, 6.07) is 18.5. The third-order valence-corrected chi connectivity index (χ3v) is 4.41. The molecule has 0 amide bonds. The molecule has 0 unspecified atom stereocenters. The molecule has 0 aliphatic heterocycles. The zero-order valence-corrected chi connectivity index (χ0v) is 19.3. The highest BCUT2D eigenvalue weighted by Gasteiger charge is 2.32. The Bertz CT molecular complexity index is 841. The molecule has 0 aliphatic rings. The number of benzene rings is 2. The molecule has 0 bridgehead atoms. The SMILES string of the molecule is CC(C)OC(=O)C[C@H](C)[C@H](N=C(c1ccccc1)c1ccccc1)C(=O)OC(C)(C)C. The maximum atomic E-state index is 13.1. The Balaban J connectivity index is 2.49. The first-order valence-corrected chi connectivity index (χ1v) is 10.7. The van der Waals surface area contributed by atoms with Crippen molar-refractivity contribution in [2.24, 2.45) is 10.9 Å². The van der Waals surface area contributed by atoms with E-state index in [1.54, 1.807) is 13.8 Å². The Morgan fingerprint density at radius 1 is 0.871 bits per heavy atom. The van der Waals surface area contributed by atoms with Crippen LogP contribution in [0.2, 0.25) is 0 Å². The van der Waals surface area contributed by atoms with Crippen molar-refractivity contribution in [1.29, 1.82) is 0 Å². The van der Waals surface area contributed by atoms with Gasteiger partial charge in [0.1, 0.15) is 5.60 Å². The standard InChI is InChI=1S/C26H33NO4/c1-18(2)30-22(28)17-19(3)23(25(29)31-26(4,5)6)27-24(20-13-9-7-10-14-20)21-15-11-8-12-16-21/h7-16,18-19,23H,17H2,1-6H3/t19-,23-/m0/s1. The van der Waals surface area contributed by atoms with Crippen molar-refractivity contribution >= 4 is 17.7 Å². The summed E-state index contributed by atoms with van der Waals surface area (Å²) in [6.07, 6.45) is -0.144. The van der Waals surface area contributed by atoms with E-state index in [0.29, 0.717) is 5.71 Å². The van der Waals surface area contributed by atoms with Crippen LogP contribution in [0.1, 0.15) is 59.1 Å². The van der Waals surface area contributed by atoms with E-state index in [-0.39, 0.29) is 18.5 Å². The van der Waals surface area contributed by atoms with Crippen molar-refractivity contribution < 1.29 is 19.1 Å². The molecule has 31 heavy (non-hydrogen) atoms. The van der Waals surface area contributed by atoms with Gasteiger partial charge in [0, 0.05) is 11.1 Å².